The number of anilines is 1. The molecule has 1 aliphatic heterocycles. The third kappa shape index (κ3) is 3.64. The predicted octanol–water partition coefficient (Wildman–Crippen LogP) is 3.43. The van der Waals surface area contributed by atoms with Crippen LogP contribution >= 0.6 is 15.9 Å². The maximum Gasteiger partial charge on any atom is 0.239 e. The van der Waals surface area contributed by atoms with Gasteiger partial charge in [0.1, 0.15) is 5.41 Å². The van der Waals surface area contributed by atoms with Gasteiger partial charge in [-0.05, 0) is 61.2 Å². The van der Waals surface area contributed by atoms with E-state index in [0.717, 1.165) is 36.8 Å². The Balaban J connectivity index is 2.09. The Morgan fingerprint density at radius 2 is 1.76 bits per heavy atom. The van der Waals surface area contributed by atoms with E-state index in [-0.39, 0.29) is 11.8 Å². The molecule has 0 bridgehead atoms. The summed E-state index contributed by atoms with van der Waals surface area (Å²) in [7, 11) is 0. The van der Waals surface area contributed by atoms with Gasteiger partial charge in [-0.3, -0.25) is 9.59 Å². The van der Waals surface area contributed by atoms with Gasteiger partial charge in [-0.15, -0.1) is 0 Å². The number of rotatable bonds is 3. The van der Waals surface area contributed by atoms with Crippen molar-refractivity contribution in [2.45, 2.75) is 33.1 Å². The standard InChI is InChI=1S/C16H21BrN2O2/c1-16(2,15(21)19-10-6-3-7-11-19)14(20)18-13-9-5-4-8-12(13)17/h4-5,8-9H,3,6-7,10-11H2,1-2H3,(H,18,20). The van der Waals surface area contributed by atoms with Crippen LogP contribution in [0.25, 0.3) is 0 Å². The average Bonchev–Trinajstić information content (AvgIpc) is 2.49. The van der Waals surface area contributed by atoms with Crippen LogP contribution in [0.2, 0.25) is 0 Å². The monoisotopic (exact) mass is 352 g/mol. The molecule has 1 aromatic rings. The zero-order valence-corrected chi connectivity index (χ0v) is 14.1. The second-order valence-electron chi connectivity index (χ2n) is 5.91. The minimum Gasteiger partial charge on any atom is -0.342 e. The molecular formula is C16H21BrN2O2. The van der Waals surface area contributed by atoms with Gasteiger partial charge in [0.25, 0.3) is 0 Å². The van der Waals surface area contributed by atoms with Crippen LogP contribution in [0.15, 0.2) is 28.7 Å². The molecule has 114 valence electrons. The molecule has 1 heterocycles. The number of nitrogens with zero attached hydrogens (tertiary/aromatic N) is 1. The molecule has 1 fully saturated rings. The Bertz CT molecular complexity index is 537. The minimum atomic E-state index is -1.06. The van der Waals surface area contributed by atoms with Crippen molar-refractivity contribution in [3.05, 3.63) is 28.7 Å². The summed E-state index contributed by atoms with van der Waals surface area (Å²) in [6.45, 7) is 4.89. The van der Waals surface area contributed by atoms with E-state index in [1.807, 2.05) is 29.2 Å². The molecule has 2 rings (SSSR count). The maximum atomic E-state index is 12.6. The van der Waals surface area contributed by atoms with E-state index in [1.54, 1.807) is 13.8 Å². The lowest BCUT2D eigenvalue weighted by Gasteiger charge is -2.33. The van der Waals surface area contributed by atoms with E-state index >= 15 is 0 Å². The fourth-order valence-corrected chi connectivity index (χ4v) is 2.81. The molecule has 2 amide bonds. The summed E-state index contributed by atoms with van der Waals surface area (Å²) < 4.78 is 0.805. The summed E-state index contributed by atoms with van der Waals surface area (Å²) in [6, 6.07) is 7.39. The molecule has 0 atom stereocenters. The van der Waals surface area contributed by atoms with Crippen LogP contribution in [0.1, 0.15) is 33.1 Å². The number of carbonyl (C=O) groups excluding carboxylic acids is 2. The third-order valence-electron chi connectivity index (χ3n) is 3.87. The number of carbonyl (C=O) groups is 2. The number of hydrogen-bond donors (Lipinski definition) is 1. The average molecular weight is 353 g/mol. The lowest BCUT2D eigenvalue weighted by atomic mass is 9.89. The smallest absolute Gasteiger partial charge is 0.239 e. The molecule has 0 aliphatic carbocycles. The normalized spacial score (nSPS) is 15.7. The van der Waals surface area contributed by atoms with Crippen LogP contribution in [-0.2, 0) is 9.59 Å². The van der Waals surface area contributed by atoms with Gasteiger partial charge in [-0.2, -0.15) is 0 Å². The van der Waals surface area contributed by atoms with E-state index in [1.165, 1.54) is 0 Å². The maximum absolute atomic E-state index is 12.6. The fraction of sp³-hybridized carbons (Fsp3) is 0.500. The van der Waals surface area contributed by atoms with Gasteiger partial charge in [0.2, 0.25) is 11.8 Å². The SMILES string of the molecule is CC(C)(C(=O)Nc1ccccc1Br)C(=O)N1CCCCC1. The number of hydrogen-bond acceptors (Lipinski definition) is 2. The summed E-state index contributed by atoms with van der Waals surface area (Å²) in [5.41, 5.74) is -0.380. The van der Waals surface area contributed by atoms with Gasteiger partial charge in [0.05, 0.1) is 5.69 Å². The van der Waals surface area contributed by atoms with Crippen molar-refractivity contribution in [1.29, 1.82) is 0 Å². The molecule has 21 heavy (non-hydrogen) atoms. The van der Waals surface area contributed by atoms with Gasteiger partial charge in [0, 0.05) is 17.6 Å². The van der Waals surface area contributed by atoms with Crippen molar-refractivity contribution in [3.63, 3.8) is 0 Å². The Hall–Kier alpha value is -1.36. The number of likely N-dealkylation sites (tertiary alicyclic amines) is 1. The van der Waals surface area contributed by atoms with Gasteiger partial charge in [-0.25, -0.2) is 0 Å². The van der Waals surface area contributed by atoms with Crippen molar-refractivity contribution in [2.24, 2.45) is 5.41 Å². The highest BCUT2D eigenvalue weighted by Crippen LogP contribution is 2.27. The molecule has 0 unspecified atom stereocenters. The van der Waals surface area contributed by atoms with Crippen LogP contribution in [0, 0.1) is 5.41 Å². The van der Waals surface area contributed by atoms with E-state index in [4.69, 9.17) is 0 Å². The first-order chi connectivity index (χ1) is 9.93. The zero-order valence-electron chi connectivity index (χ0n) is 12.5. The third-order valence-corrected chi connectivity index (χ3v) is 4.56. The summed E-state index contributed by atoms with van der Waals surface area (Å²) in [4.78, 5) is 26.9. The van der Waals surface area contributed by atoms with Crippen molar-refractivity contribution in [3.8, 4) is 0 Å². The predicted molar refractivity (Wildman–Crippen MR) is 87.0 cm³/mol. The van der Waals surface area contributed by atoms with Gasteiger partial charge >= 0.3 is 0 Å². The quantitative estimate of drug-likeness (QED) is 0.847. The second-order valence-corrected chi connectivity index (χ2v) is 6.77. The minimum absolute atomic E-state index is 0.0910. The van der Waals surface area contributed by atoms with Gasteiger partial charge < -0.3 is 10.2 Å². The summed E-state index contributed by atoms with van der Waals surface area (Å²) >= 11 is 3.40. The first-order valence-corrected chi connectivity index (χ1v) is 8.07. The number of para-hydroxylation sites is 1. The van der Waals surface area contributed by atoms with E-state index in [2.05, 4.69) is 21.2 Å². The molecule has 0 saturated carbocycles. The molecule has 5 heteroatoms. The Kier molecular flexibility index (Phi) is 5.04. The molecule has 1 aliphatic rings. The molecule has 1 aromatic carbocycles. The van der Waals surface area contributed by atoms with Crippen molar-refractivity contribution < 1.29 is 9.59 Å². The zero-order chi connectivity index (χ0) is 15.5. The molecular weight excluding hydrogens is 332 g/mol. The van der Waals surface area contributed by atoms with Crippen molar-refractivity contribution >= 4 is 33.4 Å². The number of amides is 2. The number of halogens is 1. The highest BCUT2D eigenvalue weighted by atomic mass is 79.9. The van der Waals surface area contributed by atoms with Gasteiger partial charge in [-0.1, -0.05) is 12.1 Å². The fourth-order valence-electron chi connectivity index (χ4n) is 2.43. The van der Waals surface area contributed by atoms with Crippen molar-refractivity contribution in [1.82, 2.24) is 4.90 Å². The lowest BCUT2D eigenvalue weighted by molar-refractivity contribution is -0.147. The lowest BCUT2D eigenvalue weighted by Crippen LogP contribution is -2.49. The van der Waals surface area contributed by atoms with Crippen LogP contribution in [-0.4, -0.2) is 29.8 Å². The van der Waals surface area contributed by atoms with E-state index < -0.39 is 5.41 Å². The molecule has 0 spiro atoms. The molecule has 0 radical (unpaired) electrons. The van der Waals surface area contributed by atoms with Crippen LogP contribution < -0.4 is 5.32 Å². The van der Waals surface area contributed by atoms with Crippen LogP contribution in [0.4, 0.5) is 5.69 Å². The van der Waals surface area contributed by atoms with Crippen molar-refractivity contribution in [2.75, 3.05) is 18.4 Å². The van der Waals surface area contributed by atoms with E-state index in [0.29, 0.717) is 5.69 Å². The summed E-state index contributed by atoms with van der Waals surface area (Å²) in [6.07, 6.45) is 3.20. The number of nitrogens with one attached hydrogen (secondary N) is 1. The molecule has 1 saturated heterocycles. The molecule has 1 N–H and O–H groups in total. The Labute approximate surface area is 134 Å². The first-order valence-electron chi connectivity index (χ1n) is 7.28. The Morgan fingerprint density at radius 1 is 1.14 bits per heavy atom. The summed E-state index contributed by atoms with van der Waals surface area (Å²) in [5.74, 6) is -0.364. The highest BCUT2D eigenvalue weighted by Gasteiger charge is 2.39. The molecule has 4 nitrogen and oxygen atoms in total. The Morgan fingerprint density at radius 3 is 2.38 bits per heavy atom. The number of piperidine rings is 1. The van der Waals surface area contributed by atoms with Crippen LogP contribution in [0.3, 0.4) is 0 Å². The topological polar surface area (TPSA) is 49.4 Å². The highest BCUT2D eigenvalue weighted by molar-refractivity contribution is 9.10. The number of benzene rings is 1. The summed E-state index contributed by atoms with van der Waals surface area (Å²) in [5, 5.41) is 2.84. The molecule has 0 aromatic heterocycles. The largest absolute Gasteiger partial charge is 0.342 e. The first kappa shape index (κ1) is 16.0. The van der Waals surface area contributed by atoms with Gasteiger partial charge in [0.15, 0.2) is 0 Å². The van der Waals surface area contributed by atoms with Crippen LogP contribution in [0.5, 0.6) is 0 Å². The second kappa shape index (κ2) is 6.60. The van der Waals surface area contributed by atoms with E-state index in [9.17, 15) is 9.59 Å².